The first kappa shape index (κ1) is 14.8. The van der Waals surface area contributed by atoms with Crippen LogP contribution in [0, 0.1) is 0 Å². The molecule has 1 N–H and O–H groups in total. The predicted molar refractivity (Wildman–Crippen MR) is 84.2 cm³/mol. The molecule has 0 radical (unpaired) electrons. The lowest BCUT2D eigenvalue weighted by Gasteiger charge is -2.15. The highest BCUT2D eigenvalue weighted by molar-refractivity contribution is 5.79. The molecule has 0 aliphatic carbocycles. The summed E-state index contributed by atoms with van der Waals surface area (Å²) in [6.45, 7) is 6.26. The standard InChI is InChI=1S/C17H24N2O/c1-3-4-5-10-18-13-14(2)20-16-9-8-15-7-6-11-19-17(15)12-16/h6-9,11-12,14,18H,3-5,10,13H2,1-2H3. The first-order chi connectivity index (χ1) is 9.79. The van der Waals surface area contributed by atoms with Crippen molar-refractivity contribution in [3.05, 3.63) is 36.5 Å². The summed E-state index contributed by atoms with van der Waals surface area (Å²) in [5.74, 6) is 0.888. The minimum Gasteiger partial charge on any atom is -0.489 e. The van der Waals surface area contributed by atoms with E-state index >= 15 is 0 Å². The Labute approximate surface area is 121 Å². The van der Waals surface area contributed by atoms with Crippen LogP contribution in [-0.4, -0.2) is 24.2 Å². The molecular formula is C17H24N2O. The molecule has 0 amide bonds. The van der Waals surface area contributed by atoms with E-state index in [9.17, 15) is 0 Å². The molecule has 3 nitrogen and oxygen atoms in total. The summed E-state index contributed by atoms with van der Waals surface area (Å²) in [7, 11) is 0. The number of benzene rings is 1. The number of hydrogen-bond donors (Lipinski definition) is 1. The molecule has 2 aromatic rings. The van der Waals surface area contributed by atoms with E-state index < -0.39 is 0 Å². The first-order valence-corrected chi connectivity index (χ1v) is 7.51. The number of fused-ring (bicyclic) bond motifs is 1. The van der Waals surface area contributed by atoms with Gasteiger partial charge in [-0.15, -0.1) is 0 Å². The zero-order valence-electron chi connectivity index (χ0n) is 12.4. The number of unbranched alkanes of at least 4 members (excludes halogenated alkanes) is 2. The van der Waals surface area contributed by atoms with Crippen LogP contribution in [0.5, 0.6) is 5.75 Å². The summed E-state index contributed by atoms with van der Waals surface area (Å²) in [5, 5.41) is 4.58. The average Bonchev–Trinajstić information content (AvgIpc) is 2.47. The van der Waals surface area contributed by atoms with Crippen LogP contribution >= 0.6 is 0 Å². The molecule has 108 valence electrons. The van der Waals surface area contributed by atoms with Gasteiger partial charge in [-0.1, -0.05) is 25.8 Å². The number of hydrogen-bond acceptors (Lipinski definition) is 3. The first-order valence-electron chi connectivity index (χ1n) is 7.51. The predicted octanol–water partition coefficient (Wildman–Crippen LogP) is 3.78. The molecule has 0 aliphatic heterocycles. The molecule has 20 heavy (non-hydrogen) atoms. The molecule has 0 aliphatic rings. The van der Waals surface area contributed by atoms with Gasteiger partial charge < -0.3 is 10.1 Å². The maximum absolute atomic E-state index is 5.93. The van der Waals surface area contributed by atoms with Crippen molar-refractivity contribution in [1.29, 1.82) is 0 Å². The zero-order chi connectivity index (χ0) is 14.2. The fourth-order valence-corrected chi connectivity index (χ4v) is 2.20. The van der Waals surface area contributed by atoms with E-state index in [0.717, 1.165) is 29.7 Å². The largest absolute Gasteiger partial charge is 0.489 e. The number of nitrogens with one attached hydrogen (secondary N) is 1. The molecule has 1 aromatic carbocycles. The molecule has 3 heteroatoms. The number of pyridine rings is 1. The second-order valence-corrected chi connectivity index (χ2v) is 5.20. The topological polar surface area (TPSA) is 34.1 Å². The van der Waals surface area contributed by atoms with E-state index in [0.29, 0.717) is 0 Å². The van der Waals surface area contributed by atoms with E-state index in [1.165, 1.54) is 19.3 Å². The lowest BCUT2D eigenvalue weighted by molar-refractivity contribution is 0.217. The van der Waals surface area contributed by atoms with E-state index in [4.69, 9.17) is 4.74 Å². The van der Waals surface area contributed by atoms with Crippen LogP contribution in [0.2, 0.25) is 0 Å². The fraction of sp³-hybridized carbons (Fsp3) is 0.471. The van der Waals surface area contributed by atoms with Crippen molar-refractivity contribution in [2.75, 3.05) is 13.1 Å². The van der Waals surface area contributed by atoms with Crippen molar-refractivity contribution < 1.29 is 4.74 Å². The van der Waals surface area contributed by atoms with Gasteiger partial charge in [0.15, 0.2) is 0 Å². The van der Waals surface area contributed by atoms with Gasteiger partial charge in [0.25, 0.3) is 0 Å². The number of rotatable bonds is 8. The van der Waals surface area contributed by atoms with Crippen LogP contribution < -0.4 is 10.1 Å². The number of ether oxygens (including phenoxy) is 1. The Bertz CT molecular complexity index is 527. The molecule has 0 fully saturated rings. The Morgan fingerprint density at radius 1 is 1.25 bits per heavy atom. The van der Waals surface area contributed by atoms with E-state index in [1.54, 1.807) is 0 Å². The summed E-state index contributed by atoms with van der Waals surface area (Å²) in [6, 6.07) is 10.1. The summed E-state index contributed by atoms with van der Waals surface area (Å²) in [6.07, 6.45) is 5.77. The maximum Gasteiger partial charge on any atom is 0.121 e. The molecule has 1 aromatic heterocycles. The lowest BCUT2D eigenvalue weighted by Crippen LogP contribution is -2.29. The molecular weight excluding hydrogens is 248 g/mol. The monoisotopic (exact) mass is 272 g/mol. The van der Waals surface area contributed by atoms with Gasteiger partial charge in [-0.25, -0.2) is 0 Å². The van der Waals surface area contributed by atoms with Crippen LogP contribution in [0.1, 0.15) is 33.1 Å². The third kappa shape index (κ3) is 4.49. The van der Waals surface area contributed by atoms with Crippen molar-refractivity contribution in [3.63, 3.8) is 0 Å². The minimum atomic E-state index is 0.165. The second kappa shape index (κ2) is 7.85. The van der Waals surface area contributed by atoms with Gasteiger partial charge in [-0.2, -0.15) is 0 Å². The van der Waals surface area contributed by atoms with E-state index in [2.05, 4.69) is 36.3 Å². The summed E-state index contributed by atoms with van der Waals surface area (Å²) in [5.41, 5.74) is 0.980. The van der Waals surface area contributed by atoms with E-state index in [1.807, 2.05) is 24.4 Å². The SMILES string of the molecule is CCCCCNCC(C)Oc1ccc2cccnc2c1. The van der Waals surface area contributed by atoms with Gasteiger partial charge in [0, 0.05) is 24.2 Å². The zero-order valence-corrected chi connectivity index (χ0v) is 12.4. The van der Waals surface area contributed by atoms with Crippen molar-refractivity contribution in [2.24, 2.45) is 0 Å². The van der Waals surface area contributed by atoms with Gasteiger partial charge in [-0.05, 0) is 38.1 Å². The van der Waals surface area contributed by atoms with Crippen molar-refractivity contribution in [3.8, 4) is 5.75 Å². The lowest BCUT2D eigenvalue weighted by atomic mass is 10.2. The second-order valence-electron chi connectivity index (χ2n) is 5.20. The van der Waals surface area contributed by atoms with Gasteiger partial charge >= 0.3 is 0 Å². The molecule has 1 unspecified atom stereocenters. The molecule has 0 saturated heterocycles. The van der Waals surface area contributed by atoms with Gasteiger partial charge in [0.2, 0.25) is 0 Å². The third-order valence-corrected chi connectivity index (χ3v) is 3.30. The molecule has 0 saturated carbocycles. The Balaban J connectivity index is 1.81. The van der Waals surface area contributed by atoms with Crippen molar-refractivity contribution in [1.82, 2.24) is 10.3 Å². The molecule has 0 bridgehead atoms. The molecule has 0 spiro atoms. The van der Waals surface area contributed by atoms with Crippen LogP contribution in [-0.2, 0) is 0 Å². The summed E-state index contributed by atoms with van der Waals surface area (Å²) in [4.78, 5) is 4.35. The molecule has 1 atom stereocenters. The van der Waals surface area contributed by atoms with Gasteiger partial charge in [0.1, 0.15) is 11.9 Å². The van der Waals surface area contributed by atoms with Crippen LogP contribution in [0.25, 0.3) is 10.9 Å². The molecule has 2 rings (SSSR count). The number of nitrogens with zero attached hydrogens (tertiary/aromatic N) is 1. The Hall–Kier alpha value is -1.61. The quantitative estimate of drug-likeness (QED) is 0.743. The average molecular weight is 272 g/mol. The molecule has 1 heterocycles. The summed E-state index contributed by atoms with van der Waals surface area (Å²) >= 11 is 0. The highest BCUT2D eigenvalue weighted by atomic mass is 16.5. The Morgan fingerprint density at radius 2 is 2.15 bits per heavy atom. The normalized spacial score (nSPS) is 12.5. The van der Waals surface area contributed by atoms with Crippen LogP contribution in [0.3, 0.4) is 0 Å². The fourth-order valence-electron chi connectivity index (χ4n) is 2.20. The highest BCUT2D eigenvalue weighted by Gasteiger charge is 2.04. The Morgan fingerprint density at radius 3 is 3.00 bits per heavy atom. The van der Waals surface area contributed by atoms with Crippen LogP contribution in [0.15, 0.2) is 36.5 Å². The van der Waals surface area contributed by atoms with Gasteiger partial charge in [-0.3, -0.25) is 4.98 Å². The minimum absolute atomic E-state index is 0.165. The maximum atomic E-state index is 5.93. The smallest absolute Gasteiger partial charge is 0.121 e. The van der Waals surface area contributed by atoms with Gasteiger partial charge in [0.05, 0.1) is 5.52 Å². The Kier molecular flexibility index (Phi) is 5.81. The van der Waals surface area contributed by atoms with Crippen LogP contribution in [0.4, 0.5) is 0 Å². The number of aromatic nitrogens is 1. The van der Waals surface area contributed by atoms with Crippen molar-refractivity contribution >= 4 is 10.9 Å². The summed E-state index contributed by atoms with van der Waals surface area (Å²) < 4.78 is 5.93. The van der Waals surface area contributed by atoms with Crippen molar-refractivity contribution in [2.45, 2.75) is 39.2 Å². The third-order valence-electron chi connectivity index (χ3n) is 3.30. The highest BCUT2D eigenvalue weighted by Crippen LogP contribution is 2.19. The van der Waals surface area contributed by atoms with E-state index in [-0.39, 0.29) is 6.10 Å².